The number of aromatic nitrogens is 1. The molecule has 1 aromatic carbocycles. The molecule has 1 unspecified atom stereocenters. The van der Waals surface area contributed by atoms with E-state index in [-0.39, 0.29) is 11.9 Å². The van der Waals surface area contributed by atoms with Crippen LogP contribution in [0.5, 0.6) is 0 Å². The fraction of sp³-hybridized carbons (Fsp3) is 0.267. The van der Waals surface area contributed by atoms with E-state index in [2.05, 4.69) is 26.3 Å². The molecule has 0 aliphatic rings. The van der Waals surface area contributed by atoms with Crippen LogP contribution in [0.1, 0.15) is 28.6 Å². The van der Waals surface area contributed by atoms with Gasteiger partial charge in [-0.15, -0.1) is 0 Å². The molecule has 1 aromatic heterocycles. The van der Waals surface area contributed by atoms with Gasteiger partial charge in [0, 0.05) is 15.9 Å². The molecular formula is C15H17BrFN3. The monoisotopic (exact) mass is 337 g/mol. The standard InChI is InChI=1S/C15H17BrFN3/c1-9-3-6-13(10(2)19-9)15(20-18)7-11-4-5-12(17)8-14(11)16/h3-6,8,15,20H,7,18H2,1-2H3. The molecule has 1 atom stereocenters. The Hall–Kier alpha value is -1.30. The second-order valence-corrected chi connectivity index (χ2v) is 5.64. The molecule has 0 spiro atoms. The second-order valence-electron chi connectivity index (χ2n) is 4.79. The first kappa shape index (κ1) is 15.1. The molecule has 0 radical (unpaired) electrons. The van der Waals surface area contributed by atoms with Gasteiger partial charge in [-0.1, -0.05) is 28.1 Å². The van der Waals surface area contributed by atoms with Gasteiger partial charge in [-0.3, -0.25) is 16.3 Å². The molecule has 3 N–H and O–H groups in total. The number of nitrogens with two attached hydrogens (primary N) is 1. The summed E-state index contributed by atoms with van der Waals surface area (Å²) in [5.41, 5.74) is 6.79. The van der Waals surface area contributed by atoms with E-state index in [9.17, 15) is 4.39 Å². The zero-order chi connectivity index (χ0) is 14.7. The van der Waals surface area contributed by atoms with Crippen molar-refractivity contribution in [1.29, 1.82) is 0 Å². The molecule has 2 rings (SSSR count). The Morgan fingerprint density at radius 1 is 1.30 bits per heavy atom. The summed E-state index contributed by atoms with van der Waals surface area (Å²) in [6.45, 7) is 3.92. The van der Waals surface area contributed by atoms with Crippen LogP contribution in [-0.4, -0.2) is 4.98 Å². The van der Waals surface area contributed by atoms with Gasteiger partial charge in [0.15, 0.2) is 0 Å². The van der Waals surface area contributed by atoms with E-state index < -0.39 is 0 Å². The molecular weight excluding hydrogens is 321 g/mol. The van der Waals surface area contributed by atoms with Gasteiger partial charge in [0.25, 0.3) is 0 Å². The van der Waals surface area contributed by atoms with Gasteiger partial charge in [-0.25, -0.2) is 4.39 Å². The fourth-order valence-corrected chi connectivity index (χ4v) is 2.74. The summed E-state index contributed by atoms with van der Waals surface area (Å²) in [4.78, 5) is 4.45. The van der Waals surface area contributed by atoms with Crippen LogP contribution in [0.4, 0.5) is 4.39 Å². The minimum Gasteiger partial charge on any atom is -0.271 e. The minimum atomic E-state index is -0.258. The number of benzene rings is 1. The third kappa shape index (κ3) is 3.42. The molecule has 2 aromatic rings. The van der Waals surface area contributed by atoms with Crippen molar-refractivity contribution in [3.8, 4) is 0 Å². The number of hydrogen-bond donors (Lipinski definition) is 2. The third-order valence-corrected chi connectivity index (χ3v) is 4.02. The van der Waals surface area contributed by atoms with E-state index in [0.29, 0.717) is 6.42 Å². The summed E-state index contributed by atoms with van der Waals surface area (Å²) in [6.07, 6.45) is 0.656. The predicted molar refractivity (Wildman–Crippen MR) is 81.6 cm³/mol. The lowest BCUT2D eigenvalue weighted by molar-refractivity contribution is 0.544. The first-order valence-corrected chi connectivity index (χ1v) is 7.14. The largest absolute Gasteiger partial charge is 0.271 e. The maximum atomic E-state index is 13.1. The highest BCUT2D eigenvalue weighted by molar-refractivity contribution is 9.10. The summed E-state index contributed by atoms with van der Waals surface area (Å²) < 4.78 is 13.9. The van der Waals surface area contributed by atoms with Gasteiger partial charge < -0.3 is 0 Å². The molecule has 20 heavy (non-hydrogen) atoms. The normalized spacial score (nSPS) is 12.4. The van der Waals surface area contributed by atoms with Crippen molar-refractivity contribution in [2.75, 3.05) is 0 Å². The zero-order valence-corrected chi connectivity index (χ0v) is 13.0. The van der Waals surface area contributed by atoms with Crippen LogP contribution in [0.25, 0.3) is 0 Å². The summed E-state index contributed by atoms with van der Waals surface area (Å²) in [5.74, 6) is 5.41. The smallest absolute Gasteiger partial charge is 0.124 e. The Balaban J connectivity index is 2.28. The van der Waals surface area contributed by atoms with Crippen LogP contribution in [0.2, 0.25) is 0 Å². The first-order valence-electron chi connectivity index (χ1n) is 6.35. The molecule has 106 valence electrons. The van der Waals surface area contributed by atoms with E-state index in [1.807, 2.05) is 26.0 Å². The van der Waals surface area contributed by atoms with Gasteiger partial charge >= 0.3 is 0 Å². The van der Waals surface area contributed by atoms with Crippen LogP contribution in [0.15, 0.2) is 34.8 Å². The molecule has 3 nitrogen and oxygen atoms in total. The fourth-order valence-electron chi connectivity index (χ4n) is 2.23. The molecule has 0 amide bonds. The Kier molecular flexibility index (Phi) is 4.86. The van der Waals surface area contributed by atoms with Crippen LogP contribution >= 0.6 is 15.9 Å². The summed E-state index contributed by atoms with van der Waals surface area (Å²) in [5, 5.41) is 0. The Morgan fingerprint density at radius 2 is 2.05 bits per heavy atom. The highest BCUT2D eigenvalue weighted by Crippen LogP contribution is 2.25. The molecule has 0 saturated heterocycles. The van der Waals surface area contributed by atoms with Crippen molar-refractivity contribution in [3.05, 3.63) is 63.1 Å². The summed E-state index contributed by atoms with van der Waals surface area (Å²) >= 11 is 3.38. The Morgan fingerprint density at radius 3 is 2.65 bits per heavy atom. The summed E-state index contributed by atoms with van der Waals surface area (Å²) in [7, 11) is 0. The summed E-state index contributed by atoms with van der Waals surface area (Å²) in [6, 6.07) is 8.61. The molecule has 0 bridgehead atoms. The van der Waals surface area contributed by atoms with Gasteiger partial charge in [-0.05, 0) is 49.6 Å². The van der Waals surface area contributed by atoms with Crippen molar-refractivity contribution in [2.24, 2.45) is 5.84 Å². The van der Waals surface area contributed by atoms with Crippen LogP contribution in [-0.2, 0) is 6.42 Å². The third-order valence-electron chi connectivity index (χ3n) is 3.28. The molecule has 5 heteroatoms. The number of hydrazine groups is 1. The van der Waals surface area contributed by atoms with Crippen LogP contribution < -0.4 is 11.3 Å². The number of pyridine rings is 1. The minimum absolute atomic E-state index is 0.0649. The van der Waals surface area contributed by atoms with Crippen molar-refractivity contribution < 1.29 is 4.39 Å². The molecule has 0 fully saturated rings. The maximum absolute atomic E-state index is 13.1. The van der Waals surface area contributed by atoms with Crippen molar-refractivity contribution >= 4 is 15.9 Å². The highest BCUT2D eigenvalue weighted by atomic mass is 79.9. The van der Waals surface area contributed by atoms with E-state index >= 15 is 0 Å². The number of aryl methyl sites for hydroxylation is 2. The Labute approximate surface area is 126 Å². The van der Waals surface area contributed by atoms with E-state index in [1.165, 1.54) is 12.1 Å². The van der Waals surface area contributed by atoms with E-state index in [1.54, 1.807) is 6.07 Å². The zero-order valence-electron chi connectivity index (χ0n) is 11.5. The molecule has 1 heterocycles. The highest BCUT2D eigenvalue weighted by Gasteiger charge is 2.15. The van der Waals surface area contributed by atoms with Gasteiger partial charge in [0.2, 0.25) is 0 Å². The van der Waals surface area contributed by atoms with Gasteiger partial charge in [0.1, 0.15) is 5.82 Å². The molecule has 0 saturated carbocycles. The lowest BCUT2D eigenvalue weighted by Crippen LogP contribution is -2.30. The quantitative estimate of drug-likeness (QED) is 0.664. The number of halogens is 2. The number of hydrogen-bond acceptors (Lipinski definition) is 3. The predicted octanol–water partition coefficient (Wildman–Crippen LogP) is 3.35. The first-order chi connectivity index (χ1) is 9.51. The van der Waals surface area contributed by atoms with E-state index in [4.69, 9.17) is 5.84 Å². The Bertz CT molecular complexity index is 616. The lowest BCUT2D eigenvalue weighted by Gasteiger charge is -2.19. The van der Waals surface area contributed by atoms with Crippen molar-refractivity contribution in [2.45, 2.75) is 26.3 Å². The number of nitrogens with one attached hydrogen (secondary N) is 1. The molecule has 0 aliphatic heterocycles. The number of rotatable bonds is 4. The lowest BCUT2D eigenvalue weighted by atomic mass is 9.98. The second kappa shape index (κ2) is 6.43. The van der Waals surface area contributed by atoms with Crippen molar-refractivity contribution in [1.82, 2.24) is 10.4 Å². The molecule has 0 aliphatic carbocycles. The van der Waals surface area contributed by atoms with Crippen molar-refractivity contribution in [3.63, 3.8) is 0 Å². The maximum Gasteiger partial charge on any atom is 0.124 e. The van der Waals surface area contributed by atoms with Gasteiger partial charge in [-0.2, -0.15) is 0 Å². The topological polar surface area (TPSA) is 50.9 Å². The van der Waals surface area contributed by atoms with E-state index in [0.717, 1.165) is 27.0 Å². The number of nitrogens with zero attached hydrogens (tertiary/aromatic N) is 1. The average Bonchev–Trinajstić information content (AvgIpc) is 2.39. The average molecular weight is 338 g/mol. The SMILES string of the molecule is Cc1ccc(C(Cc2ccc(F)cc2Br)NN)c(C)n1. The van der Waals surface area contributed by atoms with Gasteiger partial charge in [0.05, 0.1) is 6.04 Å². The van der Waals surface area contributed by atoms with Crippen LogP contribution in [0, 0.1) is 19.7 Å². The van der Waals surface area contributed by atoms with Crippen LogP contribution in [0.3, 0.4) is 0 Å².